The van der Waals surface area contributed by atoms with Crippen molar-refractivity contribution in [1.82, 2.24) is 52.0 Å². The highest BCUT2D eigenvalue weighted by atomic mass is 16.6. The molecule has 522 valence electrons. The van der Waals surface area contributed by atoms with Crippen LogP contribution < -0.4 is 47.3 Å². The smallest absolute Gasteiger partial charge is 0.419 e. The summed E-state index contributed by atoms with van der Waals surface area (Å²) in [4.78, 5) is 147. The Bertz CT molecular complexity index is 3750. The summed E-state index contributed by atoms with van der Waals surface area (Å²) in [6.45, 7) is 15.3. The molecule has 5 aromatic carbocycles. The molecule has 0 aliphatic carbocycles. The van der Waals surface area contributed by atoms with E-state index in [0.717, 1.165) is 5.56 Å². The molecule has 0 radical (unpaired) electrons. The standard InChI is InChI=1S/C73H90N10O15/c1-71(2,3)96-68(91)74-36-22-21-30-54-61(84)78-55(39-47-32-34-51(35-33-47)94-45-48-25-15-11-16-26-48)62(85)80-57(40-46-23-13-10-14-24-46)66(89)82-44-52(95-67(90)75-37-38-76-69(92)97-72(4,5)6)42-59(82)64(87)81-60(49-27-17-12-18-28-49)65(88)79-56(63(86)77-54)41-50-43-83(70(93)98-73(7,8)9)58-31-20-19-29-53(50)58/h10-20,23-29,31-35,43,52,54-57,59-60H,21-22,30,36-42,44-45H2,1-9H3,(H,74,91)(H,75,90)(H,76,92)(H,77,86)(H,78,84)(H,79,88)(H,80,85)(H,81,87)/t52-,54+,55+,56-,57+,59+,60+/m1/s1. The van der Waals surface area contributed by atoms with Crippen molar-refractivity contribution < 1.29 is 71.6 Å². The van der Waals surface area contributed by atoms with E-state index in [1.807, 2.05) is 30.3 Å². The van der Waals surface area contributed by atoms with Crippen LogP contribution >= 0.6 is 0 Å². The molecule has 98 heavy (non-hydrogen) atoms. The Balaban J connectivity index is 1.20. The highest BCUT2D eigenvalue weighted by Crippen LogP contribution is 2.28. The maximum absolute atomic E-state index is 15.7. The second-order valence-electron chi connectivity index (χ2n) is 27.2. The van der Waals surface area contributed by atoms with Crippen molar-refractivity contribution in [3.05, 3.63) is 174 Å². The van der Waals surface area contributed by atoms with Crippen LogP contribution in [0.1, 0.15) is 122 Å². The molecule has 3 heterocycles. The van der Waals surface area contributed by atoms with Gasteiger partial charge in [-0.1, -0.05) is 121 Å². The zero-order valence-electron chi connectivity index (χ0n) is 56.9. The normalized spacial score (nSPS) is 19.8. The fraction of sp³-hybridized carbons (Fsp3) is 0.425. The lowest BCUT2D eigenvalue weighted by molar-refractivity contribution is -0.143. The van der Waals surface area contributed by atoms with Gasteiger partial charge in [-0.2, -0.15) is 0 Å². The summed E-state index contributed by atoms with van der Waals surface area (Å²) in [5.74, 6) is -4.56. The van der Waals surface area contributed by atoms with E-state index in [-0.39, 0.29) is 83.3 Å². The molecular formula is C73H90N10O15. The number of benzene rings is 5. The predicted molar refractivity (Wildman–Crippen MR) is 364 cm³/mol. The minimum absolute atomic E-state index is 0.0439. The largest absolute Gasteiger partial charge is 0.489 e. The number of fused-ring (bicyclic) bond motifs is 2. The summed E-state index contributed by atoms with van der Waals surface area (Å²) >= 11 is 0. The van der Waals surface area contributed by atoms with Crippen molar-refractivity contribution in [3.63, 3.8) is 0 Å². The molecule has 0 saturated carbocycles. The summed E-state index contributed by atoms with van der Waals surface area (Å²) < 4.78 is 29.8. The van der Waals surface area contributed by atoms with Gasteiger partial charge in [-0.25, -0.2) is 19.2 Å². The van der Waals surface area contributed by atoms with Gasteiger partial charge in [-0.05, 0) is 128 Å². The van der Waals surface area contributed by atoms with Gasteiger partial charge in [0.25, 0.3) is 0 Å². The molecule has 7 atom stereocenters. The number of aromatic nitrogens is 1. The van der Waals surface area contributed by atoms with E-state index in [4.69, 9.17) is 23.7 Å². The first kappa shape index (κ1) is 73.4. The number of ether oxygens (including phenoxy) is 5. The van der Waals surface area contributed by atoms with Crippen LogP contribution in [0.3, 0.4) is 0 Å². The van der Waals surface area contributed by atoms with Crippen molar-refractivity contribution in [2.24, 2.45) is 0 Å². The molecule has 2 fully saturated rings. The molecular weight excluding hydrogens is 1260 g/mol. The average molecular weight is 1350 g/mol. The molecule has 1 aromatic heterocycles. The number of hydrogen-bond acceptors (Lipinski definition) is 15. The summed E-state index contributed by atoms with van der Waals surface area (Å²) in [7, 11) is 0. The molecule has 2 aliphatic rings. The van der Waals surface area contributed by atoms with Crippen molar-refractivity contribution >= 4 is 70.7 Å². The van der Waals surface area contributed by atoms with E-state index in [2.05, 4.69) is 42.5 Å². The lowest BCUT2D eigenvalue weighted by atomic mass is 9.99. The topological polar surface area (TPSA) is 321 Å². The maximum Gasteiger partial charge on any atom is 0.419 e. The third kappa shape index (κ3) is 22.3. The molecule has 2 saturated heterocycles. The number of rotatable bonds is 19. The Hall–Kier alpha value is -10.5. The van der Waals surface area contributed by atoms with Gasteiger partial charge in [-0.3, -0.25) is 33.3 Å². The first-order valence-corrected chi connectivity index (χ1v) is 32.9. The van der Waals surface area contributed by atoms with E-state index in [0.29, 0.717) is 33.3 Å². The van der Waals surface area contributed by atoms with Crippen LogP contribution in [-0.2, 0) is 73.6 Å². The fourth-order valence-electron chi connectivity index (χ4n) is 11.2. The molecule has 0 bridgehead atoms. The van der Waals surface area contributed by atoms with Gasteiger partial charge < -0.3 is 71.1 Å². The minimum Gasteiger partial charge on any atom is -0.489 e. The second-order valence-corrected chi connectivity index (χ2v) is 27.2. The molecule has 25 heteroatoms. The highest BCUT2D eigenvalue weighted by molar-refractivity contribution is 6.00. The van der Waals surface area contributed by atoms with Crippen molar-refractivity contribution in [2.45, 2.75) is 173 Å². The number of carbonyl (C=O) groups is 10. The van der Waals surface area contributed by atoms with Crippen molar-refractivity contribution in [2.75, 3.05) is 26.2 Å². The van der Waals surface area contributed by atoms with Crippen molar-refractivity contribution in [3.8, 4) is 5.75 Å². The van der Waals surface area contributed by atoms with Crippen LogP contribution in [0, 0.1) is 0 Å². The van der Waals surface area contributed by atoms with Crippen LogP contribution in [0.2, 0.25) is 0 Å². The predicted octanol–water partition coefficient (Wildman–Crippen LogP) is 7.76. The molecule has 8 rings (SSSR count). The number of hydrogen-bond donors (Lipinski definition) is 8. The van der Waals surface area contributed by atoms with Crippen LogP contribution in [0.25, 0.3) is 10.9 Å². The molecule has 0 spiro atoms. The van der Waals surface area contributed by atoms with Gasteiger partial charge in [0.15, 0.2) is 0 Å². The quantitative estimate of drug-likeness (QED) is 0.0284. The van der Waals surface area contributed by atoms with E-state index in [1.54, 1.807) is 172 Å². The van der Waals surface area contributed by atoms with Crippen LogP contribution in [0.5, 0.6) is 5.75 Å². The van der Waals surface area contributed by atoms with Crippen molar-refractivity contribution in [1.29, 1.82) is 0 Å². The summed E-state index contributed by atoms with van der Waals surface area (Å²) in [5, 5.41) is 22.8. The molecule has 6 aromatic rings. The highest BCUT2D eigenvalue weighted by Gasteiger charge is 2.46. The molecule has 0 unspecified atom stereocenters. The number of amides is 9. The van der Waals surface area contributed by atoms with Gasteiger partial charge in [0.1, 0.15) is 71.5 Å². The minimum atomic E-state index is -1.58. The number of nitrogens with one attached hydrogen (secondary N) is 8. The summed E-state index contributed by atoms with van der Waals surface area (Å²) in [6, 6.07) is 31.2. The first-order valence-electron chi connectivity index (χ1n) is 32.9. The van der Waals surface area contributed by atoms with Crippen LogP contribution in [0.4, 0.5) is 19.2 Å². The molecule has 25 nitrogen and oxygen atoms in total. The van der Waals surface area contributed by atoms with E-state index in [9.17, 15) is 19.2 Å². The molecule has 2 aliphatic heterocycles. The number of para-hydroxylation sites is 1. The van der Waals surface area contributed by atoms with Gasteiger partial charge >= 0.3 is 24.4 Å². The zero-order chi connectivity index (χ0) is 70.7. The molecule has 8 N–H and O–H groups in total. The number of nitrogens with zero attached hydrogens (tertiary/aromatic N) is 2. The van der Waals surface area contributed by atoms with E-state index in [1.165, 1.54) is 15.7 Å². The Morgan fingerprint density at radius 2 is 0.990 bits per heavy atom. The summed E-state index contributed by atoms with van der Waals surface area (Å²) in [6.07, 6.45) is -3.19. The van der Waals surface area contributed by atoms with Gasteiger partial charge in [0.2, 0.25) is 35.4 Å². The zero-order valence-corrected chi connectivity index (χ0v) is 56.9. The Kier molecular flexibility index (Phi) is 25.1. The molecule has 9 amide bonds. The number of carbonyl (C=O) groups excluding carboxylic acids is 10. The second kappa shape index (κ2) is 33.5. The monoisotopic (exact) mass is 1350 g/mol. The number of unbranched alkanes of at least 4 members (excludes halogenated alkanes) is 1. The van der Waals surface area contributed by atoms with Crippen LogP contribution in [-0.4, -0.2) is 149 Å². The third-order valence-electron chi connectivity index (χ3n) is 15.7. The number of alkyl carbamates (subject to hydrolysis) is 3. The van der Waals surface area contributed by atoms with E-state index >= 15 is 28.8 Å². The Morgan fingerprint density at radius 3 is 1.61 bits per heavy atom. The third-order valence-corrected chi connectivity index (χ3v) is 15.7. The Morgan fingerprint density at radius 1 is 0.490 bits per heavy atom. The lowest BCUT2D eigenvalue weighted by Crippen LogP contribution is -2.61. The van der Waals surface area contributed by atoms with Crippen LogP contribution in [0.15, 0.2) is 146 Å². The maximum atomic E-state index is 15.7. The Labute approximate surface area is 570 Å². The average Bonchev–Trinajstić information content (AvgIpc) is 1.62. The fourth-order valence-corrected chi connectivity index (χ4v) is 11.2. The van der Waals surface area contributed by atoms with Gasteiger partial charge in [0, 0.05) is 56.9 Å². The SMILES string of the molecule is CC(C)(C)OC(=O)NCCCC[C@@H]1NC(=O)[C@@H](Cc2cn(C(=O)OC(C)(C)C)c3ccccc23)NC(=O)[C@H](c2ccccc2)NC(=O)[C@@H]2C[C@@H](OC(=O)NCCNC(=O)OC(C)(C)C)CN2C(=O)[C@H](Cc2ccccc2)NC(=O)[C@H](Cc2ccc(OCc3ccccc3)cc2)NC1=O. The van der Waals surface area contributed by atoms with Gasteiger partial charge in [0.05, 0.1) is 12.1 Å². The first-order chi connectivity index (χ1) is 46.5. The van der Waals surface area contributed by atoms with E-state index < -0.39 is 119 Å². The van der Waals surface area contributed by atoms with Gasteiger partial charge in [-0.15, -0.1) is 0 Å². The lowest BCUT2D eigenvalue weighted by Gasteiger charge is -2.32. The summed E-state index contributed by atoms with van der Waals surface area (Å²) in [5.41, 5.74) is 0.688.